The number of likely N-dealkylation sites (tertiary alicyclic amines) is 1. The number of fused-ring (bicyclic) bond motifs is 1. The molecule has 3 rings (SSSR count). The highest BCUT2D eigenvalue weighted by Crippen LogP contribution is 2.34. The van der Waals surface area contributed by atoms with E-state index in [1.807, 2.05) is 5.32 Å². The van der Waals surface area contributed by atoms with Gasteiger partial charge in [-0.1, -0.05) is 12.2 Å². The number of allylic oxidation sites excluding steroid dienone is 2. The van der Waals surface area contributed by atoms with Crippen molar-refractivity contribution >= 4 is 29.4 Å². The molecule has 3 amide bonds. The van der Waals surface area contributed by atoms with Gasteiger partial charge in [0.15, 0.2) is 24.1 Å². The van der Waals surface area contributed by atoms with Crippen LogP contribution in [0.5, 0.6) is 0 Å². The maximum Gasteiger partial charge on any atom is 0.326 e. The molecule has 1 N–H and O–H groups in total. The number of rotatable bonds is 5. The Balaban J connectivity index is 1.52. The van der Waals surface area contributed by atoms with Gasteiger partial charge >= 0.3 is 5.97 Å². The first-order chi connectivity index (χ1) is 13.3. The predicted molar refractivity (Wildman–Crippen MR) is 88.0 cm³/mol. The number of halogens is 3. The van der Waals surface area contributed by atoms with Crippen molar-refractivity contribution < 1.29 is 37.1 Å². The largest absolute Gasteiger partial charge is 0.454 e. The monoisotopic (exact) mass is 396 g/mol. The Morgan fingerprint density at radius 2 is 1.64 bits per heavy atom. The third-order valence-electron chi connectivity index (χ3n) is 4.56. The third kappa shape index (κ3) is 3.75. The van der Waals surface area contributed by atoms with Crippen LogP contribution in [0.2, 0.25) is 0 Å². The van der Waals surface area contributed by atoms with Gasteiger partial charge in [-0.15, -0.1) is 0 Å². The maximum atomic E-state index is 13.5. The topological polar surface area (TPSA) is 92.8 Å². The van der Waals surface area contributed by atoms with Crippen LogP contribution < -0.4 is 5.32 Å². The van der Waals surface area contributed by atoms with Gasteiger partial charge in [-0.3, -0.25) is 24.1 Å². The number of benzene rings is 1. The van der Waals surface area contributed by atoms with Crippen molar-refractivity contribution in [2.75, 3.05) is 18.5 Å². The fourth-order valence-electron chi connectivity index (χ4n) is 3.15. The molecule has 0 unspecified atom stereocenters. The summed E-state index contributed by atoms with van der Waals surface area (Å²) in [6.45, 7) is -1.50. The molecular formula is C18H15F3N2O5. The van der Waals surface area contributed by atoms with Crippen LogP contribution >= 0.6 is 0 Å². The van der Waals surface area contributed by atoms with Crippen molar-refractivity contribution in [3.8, 4) is 0 Å². The summed E-state index contributed by atoms with van der Waals surface area (Å²) in [6, 6.07) is 1.43. The van der Waals surface area contributed by atoms with Gasteiger partial charge in [-0.2, -0.15) is 0 Å². The fraction of sp³-hybridized carbons (Fsp3) is 0.333. The highest BCUT2D eigenvalue weighted by Gasteiger charge is 2.47. The zero-order valence-corrected chi connectivity index (χ0v) is 14.4. The second-order valence-corrected chi connectivity index (χ2v) is 6.35. The SMILES string of the molecule is O=C(COC(=O)CN1C(=O)[C@H]2CC=CC[C@H]2C1=O)Nc1ccc(F)c(F)c1F. The van der Waals surface area contributed by atoms with E-state index in [9.17, 15) is 32.3 Å². The normalized spacial score (nSPS) is 20.9. The average Bonchev–Trinajstić information content (AvgIpc) is 2.92. The molecule has 0 bridgehead atoms. The standard InChI is InChI=1S/C18H15F3N2O5/c19-11-5-6-12(16(21)15(11)20)22-13(24)8-28-14(25)7-23-17(26)9-3-1-2-4-10(9)18(23)27/h1-2,5-6,9-10H,3-4,7-8H2,(H,22,24)/t9-,10+. The Morgan fingerprint density at radius 1 is 1.04 bits per heavy atom. The van der Waals surface area contributed by atoms with Crippen molar-refractivity contribution in [3.63, 3.8) is 0 Å². The van der Waals surface area contributed by atoms with E-state index in [0.29, 0.717) is 18.9 Å². The predicted octanol–water partition coefficient (Wildman–Crippen LogP) is 1.54. The van der Waals surface area contributed by atoms with Crippen LogP contribution in [0.3, 0.4) is 0 Å². The van der Waals surface area contributed by atoms with Crippen molar-refractivity contribution in [2.45, 2.75) is 12.8 Å². The molecule has 0 aromatic heterocycles. The fourth-order valence-corrected chi connectivity index (χ4v) is 3.15. The molecule has 1 aliphatic heterocycles. The van der Waals surface area contributed by atoms with Crippen molar-refractivity contribution in [1.82, 2.24) is 4.90 Å². The second-order valence-electron chi connectivity index (χ2n) is 6.35. The highest BCUT2D eigenvalue weighted by atomic mass is 19.2. The second kappa shape index (κ2) is 7.83. The molecule has 0 spiro atoms. The molecule has 2 atom stereocenters. The molecule has 148 valence electrons. The number of carbonyl (C=O) groups is 4. The number of imide groups is 1. The Labute approximate surface area is 157 Å². The summed E-state index contributed by atoms with van der Waals surface area (Å²) in [5, 5.41) is 1.93. The van der Waals surface area contributed by atoms with Gasteiger partial charge < -0.3 is 10.1 Å². The Bertz CT molecular complexity index is 860. The van der Waals surface area contributed by atoms with Gasteiger partial charge in [-0.05, 0) is 25.0 Å². The van der Waals surface area contributed by atoms with Crippen LogP contribution in [0.1, 0.15) is 12.8 Å². The lowest BCUT2D eigenvalue weighted by molar-refractivity contribution is -0.154. The number of anilines is 1. The first-order valence-corrected chi connectivity index (χ1v) is 8.38. The van der Waals surface area contributed by atoms with E-state index < -0.39 is 71.8 Å². The number of hydrogen-bond donors (Lipinski definition) is 1. The maximum absolute atomic E-state index is 13.5. The minimum atomic E-state index is -1.75. The van der Waals surface area contributed by atoms with E-state index in [-0.39, 0.29) is 0 Å². The molecular weight excluding hydrogens is 381 g/mol. The molecule has 1 aliphatic carbocycles. The van der Waals surface area contributed by atoms with Crippen LogP contribution in [0.25, 0.3) is 0 Å². The number of carbonyl (C=O) groups excluding carboxylic acids is 4. The number of nitrogens with zero attached hydrogens (tertiary/aromatic N) is 1. The highest BCUT2D eigenvalue weighted by molar-refractivity contribution is 6.07. The summed E-state index contributed by atoms with van der Waals surface area (Å²) in [4.78, 5) is 48.9. The summed E-state index contributed by atoms with van der Waals surface area (Å²) in [6.07, 6.45) is 4.44. The zero-order chi connectivity index (χ0) is 20.4. The summed E-state index contributed by atoms with van der Waals surface area (Å²) in [5.41, 5.74) is -0.624. The molecule has 2 aliphatic rings. The molecule has 1 aromatic rings. The van der Waals surface area contributed by atoms with E-state index in [1.54, 1.807) is 12.2 Å². The molecule has 0 saturated carbocycles. The van der Waals surface area contributed by atoms with E-state index in [1.165, 1.54) is 0 Å². The minimum Gasteiger partial charge on any atom is -0.454 e. The lowest BCUT2D eigenvalue weighted by Gasteiger charge is -2.14. The Morgan fingerprint density at radius 3 is 2.25 bits per heavy atom. The Hall–Kier alpha value is -3.17. The molecule has 7 nitrogen and oxygen atoms in total. The van der Waals surface area contributed by atoms with Gasteiger partial charge in [0, 0.05) is 0 Å². The molecule has 10 heteroatoms. The first kappa shape index (κ1) is 19.6. The quantitative estimate of drug-likeness (QED) is 0.353. The number of ether oxygens (including phenoxy) is 1. The molecule has 1 saturated heterocycles. The molecule has 0 radical (unpaired) electrons. The number of hydrogen-bond acceptors (Lipinski definition) is 5. The first-order valence-electron chi connectivity index (χ1n) is 8.38. The average molecular weight is 396 g/mol. The number of nitrogens with one attached hydrogen (secondary N) is 1. The minimum absolute atomic E-state index is 0.420. The number of esters is 1. The Kier molecular flexibility index (Phi) is 5.48. The van der Waals surface area contributed by atoms with Crippen LogP contribution in [0.4, 0.5) is 18.9 Å². The summed E-state index contributed by atoms with van der Waals surface area (Å²) < 4.78 is 44.2. The van der Waals surface area contributed by atoms with Gasteiger partial charge in [-0.25, -0.2) is 13.2 Å². The van der Waals surface area contributed by atoms with Crippen LogP contribution in [0, 0.1) is 29.3 Å². The molecule has 1 fully saturated rings. The lowest BCUT2D eigenvalue weighted by Crippen LogP contribution is -2.37. The van der Waals surface area contributed by atoms with Gasteiger partial charge in [0.05, 0.1) is 17.5 Å². The van der Waals surface area contributed by atoms with Crippen molar-refractivity contribution in [3.05, 3.63) is 41.7 Å². The van der Waals surface area contributed by atoms with E-state index in [2.05, 4.69) is 4.74 Å². The zero-order valence-electron chi connectivity index (χ0n) is 14.4. The summed E-state index contributed by atoms with van der Waals surface area (Å²) >= 11 is 0. The summed E-state index contributed by atoms with van der Waals surface area (Å²) in [7, 11) is 0. The van der Waals surface area contributed by atoms with Gasteiger partial charge in [0.25, 0.3) is 5.91 Å². The van der Waals surface area contributed by atoms with Crippen molar-refractivity contribution in [2.24, 2.45) is 11.8 Å². The van der Waals surface area contributed by atoms with Gasteiger partial charge in [0.1, 0.15) is 6.54 Å². The third-order valence-corrected chi connectivity index (χ3v) is 4.56. The van der Waals surface area contributed by atoms with E-state index in [4.69, 9.17) is 0 Å². The van der Waals surface area contributed by atoms with Gasteiger partial charge in [0.2, 0.25) is 11.8 Å². The van der Waals surface area contributed by atoms with Crippen molar-refractivity contribution in [1.29, 1.82) is 0 Å². The number of amides is 3. The van der Waals surface area contributed by atoms with Crippen LogP contribution in [-0.2, 0) is 23.9 Å². The molecule has 28 heavy (non-hydrogen) atoms. The summed E-state index contributed by atoms with van der Waals surface area (Å²) in [5.74, 6) is -8.70. The molecule has 1 heterocycles. The smallest absolute Gasteiger partial charge is 0.326 e. The van der Waals surface area contributed by atoms with Crippen LogP contribution in [-0.4, -0.2) is 41.7 Å². The van der Waals surface area contributed by atoms with E-state index in [0.717, 1.165) is 11.0 Å². The molecule has 1 aromatic carbocycles. The lowest BCUT2D eigenvalue weighted by atomic mass is 9.85. The van der Waals surface area contributed by atoms with Crippen LogP contribution in [0.15, 0.2) is 24.3 Å². The van der Waals surface area contributed by atoms with E-state index >= 15 is 0 Å².